The number of anilines is 1. The molecule has 0 aromatic heterocycles. The monoisotopic (exact) mass is 316 g/mol. The highest BCUT2D eigenvalue weighted by molar-refractivity contribution is 5.92. The van der Waals surface area contributed by atoms with Crippen molar-refractivity contribution in [2.24, 2.45) is 0 Å². The summed E-state index contributed by atoms with van der Waals surface area (Å²) in [5.41, 5.74) is 1.25. The standard InChI is InChI=1S/C16H16N2O5/c1-11-6-7-14(15(8-11)22-2)23-10-16(19)17-12-4-3-5-13(9-12)18(20)21/h3-9H,10H2,1-2H3,(H,17,19). The van der Waals surface area contributed by atoms with Crippen molar-refractivity contribution in [3.8, 4) is 11.5 Å². The lowest BCUT2D eigenvalue weighted by atomic mass is 10.2. The zero-order valence-corrected chi connectivity index (χ0v) is 12.7. The van der Waals surface area contributed by atoms with Gasteiger partial charge in [-0.1, -0.05) is 12.1 Å². The number of rotatable bonds is 6. The van der Waals surface area contributed by atoms with Crippen molar-refractivity contribution in [1.29, 1.82) is 0 Å². The van der Waals surface area contributed by atoms with Crippen LogP contribution in [0, 0.1) is 17.0 Å². The van der Waals surface area contributed by atoms with E-state index in [0.29, 0.717) is 17.2 Å². The molecule has 0 fully saturated rings. The highest BCUT2D eigenvalue weighted by Gasteiger charge is 2.10. The molecule has 0 bridgehead atoms. The Bertz CT molecular complexity index is 730. The highest BCUT2D eigenvalue weighted by atomic mass is 16.6. The molecular weight excluding hydrogens is 300 g/mol. The molecule has 0 heterocycles. The van der Waals surface area contributed by atoms with Gasteiger partial charge in [-0.15, -0.1) is 0 Å². The quantitative estimate of drug-likeness (QED) is 0.653. The molecule has 1 N–H and O–H groups in total. The third-order valence-electron chi connectivity index (χ3n) is 3.02. The van der Waals surface area contributed by atoms with Gasteiger partial charge < -0.3 is 14.8 Å². The number of nitro groups is 1. The van der Waals surface area contributed by atoms with Crippen LogP contribution in [0.3, 0.4) is 0 Å². The SMILES string of the molecule is COc1cc(C)ccc1OCC(=O)Nc1cccc([N+](=O)[O-])c1. The summed E-state index contributed by atoms with van der Waals surface area (Å²) in [4.78, 5) is 22.1. The molecule has 0 spiro atoms. The Labute approximate surface area is 133 Å². The summed E-state index contributed by atoms with van der Waals surface area (Å²) in [5, 5.41) is 13.2. The van der Waals surface area contributed by atoms with Crippen molar-refractivity contribution in [3.63, 3.8) is 0 Å². The smallest absolute Gasteiger partial charge is 0.271 e. The van der Waals surface area contributed by atoms with E-state index in [1.165, 1.54) is 25.3 Å². The second-order valence-electron chi connectivity index (χ2n) is 4.80. The molecule has 2 rings (SSSR count). The van der Waals surface area contributed by atoms with Crippen LogP contribution in [0.4, 0.5) is 11.4 Å². The molecular formula is C16H16N2O5. The third kappa shape index (κ3) is 4.44. The first-order valence-corrected chi connectivity index (χ1v) is 6.81. The minimum Gasteiger partial charge on any atom is -0.493 e. The van der Waals surface area contributed by atoms with Crippen molar-refractivity contribution >= 4 is 17.3 Å². The highest BCUT2D eigenvalue weighted by Crippen LogP contribution is 2.27. The Morgan fingerprint density at radius 2 is 2.00 bits per heavy atom. The van der Waals surface area contributed by atoms with Gasteiger partial charge in [-0.2, -0.15) is 0 Å². The van der Waals surface area contributed by atoms with Gasteiger partial charge in [0.25, 0.3) is 11.6 Å². The van der Waals surface area contributed by atoms with E-state index in [2.05, 4.69) is 5.32 Å². The van der Waals surface area contributed by atoms with E-state index in [-0.39, 0.29) is 12.3 Å². The van der Waals surface area contributed by atoms with Crippen LogP contribution < -0.4 is 14.8 Å². The number of aryl methyl sites for hydroxylation is 1. The summed E-state index contributed by atoms with van der Waals surface area (Å²) in [5.74, 6) is 0.563. The number of benzene rings is 2. The molecule has 0 saturated heterocycles. The molecule has 0 unspecified atom stereocenters. The van der Waals surface area contributed by atoms with E-state index in [1.807, 2.05) is 13.0 Å². The van der Waals surface area contributed by atoms with Crippen LogP contribution >= 0.6 is 0 Å². The Hall–Kier alpha value is -3.09. The fraction of sp³-hybridized carbons (Fsp3) is 0.188. The van der Waals surface area contributed by atoms with E-state index in [1.54, 1.807) is 18.2 Å². The van der Waals surface area contributed by atoms with Gasteiger partial charge in [0.2, 0.25) is 0 Å². The number of amides is 1. The topological polar surface area (TPSA) is 90.7 Å². The average molecular weight is 316 g/mol. The molecule has 0 aliphatic heterocycles. The predicted octanol–water partition coefficient (Wildman–Crippen LogP) is 2.93. The maximum absolute atomic E-state index is 11.9. The molecule has 0 aliphatic rings. The van der Waals surface area contributed by atoms with Crippen LogP contribution in [0.2, 0.25) is 0 Å². The lowest BCUT2D eigenvalue weighted by Gasteiger charge is -2.11. The lowest BCUT2D eigenvalue weighted by Crippen LogP contribution is -2.20. The predicted molar refractivity (Wildman–Crippen MR) is 85.0 cm³/mol. The normalized spacial score (nSPS) is 10.0. The van der Waals surface area contributed by atoms with Gasteiger partial charge in [0.05, 0.1) is 12.0 Å². The van der Waals surface area contributed by atoms with Crippen molar-refractivity contribution in [3.05, 3.63) is 58.1 Å². The number of hydrogen-bond donors (Lipinski definition) is 1. The maximum atomic E-state index is 11.9. The fourth-order valence-electron chi connectivity index (χ4n) is 1.93. The Kier molecular flexibility index (Phi) is 5.14. The van der Waals surface area contributed by atoms with E-state index in [0.717, 1.165) is 5.56 Å². The summed E-state index contributed by atoms with van der Waals surface area (Å²) in [7, 11) is 1.52. The largest absolute Gasteiger partial charge is 0.493 e. The van der Waals surface area contributed by atoms with E-state index in [4.69, 9.17) is 9.47 Å². The Morgan fingerprint density at radius 3 is 2.70 bits per heavy atom. The van der Waals surface area contributed by atoms with Crippen molar-refractivity contribution in [2.45, 2.75) is 6.92 Å². The van der Waals surface area contributed by atoms with Gasteiger partial charge in [0, 0.05) is 17.8 Å². The number of hydrogen-bond acceptors (Lipinski definition) is 5. The molecule has 2 aromatic carbocycles. The van der Waals surface area contributed by atoms with Gasteiger partial charge >= 0.3 is 0 Å². The average Bonchev–Trinajstić information content (AvgIpc) is 2.53. The fourth-order valence-corrected chi connectivity index (χ4v) is 1.93. The molecule has 7 heteroatoms. The molecule has 0 radical (unpaired) electrons. The summed E-state index contributed by atoms with van der Waals surface area (Å²) >= 11 is 0. The van der Waals surface area contributed by atoms with E-state index < -0.39 is 10.8 Å². The van der Waals surface area contributed by atoms with E-state index in [9.17, 15) is 14.9 Å². The summed E-state index contributed by atoms with van der Waals surface area (Å²) < 4.78 is 10.6. The Morgan fingerprint density at radius 1 is 1.22 bits per heavy atom. The maximum Gasteiger partial charge on any atom is 0.271 e. The summed E-state index contributed by atoms with van der Waals surface area (Å²) in [6.45, 7) is 1.68. The van der Waals surface area contributed by atoms with Crippen LogP contribution in [0.15, 0.2) is 42.5 Å². The zero-order valence-electron chi connectivity index (χ0n) is 12.7. The first-order valence-electron chi connectivity index (χ1n) is 6.81. The summed E-state index contributed by atoms with van der Waals surface area (Å²) in [6, 6.07) is 11.1. The minimum atomic E-state index is -0.524. The lowest BCUT2D eigenvalue weighted by molar-refractivity contribution is -0.384. The van der Waals surface area contributed by atoms with Crippen LogP contribution in [-0.2, 0) is 4.79 Å². The summed E-state index contributed by atoms with van der Waals surface area (Å²) in [6.07, 6.45) is 0. The molecule has 0 saturated carbocycles. The number of non-ortho nitro benzene ring substituents is 1. The first kappa shape index (κ1) is 16.3. The molecule has 2 aromatic rings. The van der Waals surface area contributed by atoms with Crippen LogP contribution in [0.1, 0.15) is 5.56 Å². The van der Waals surface area contributed by atoms with Crippen LogP contribution in [-0.4, -0.2) is 24.5 Å². The van der Waals surface area contributed by atoms with E-state index >= 15 is 0 Å². The van der Waals surface area contributed by atoms with Crippen LogP contribution in [0.5, 0.6) is 11.5 Å². The van der Waals surface area contributed by atoms with Crippen molar-refractivity contribution in [1.82, 2.24) is 0 Å². The van der Waals surface area contributed by atoms with Crippen molar-refractivity contribution < 1.29 is 19.2 Å². The second-order valence-corrected chi connectivity index (χ2v) is 4.80. The van der Waals surface area contributed by atoms with Crippen molar-refractivity contribution in [2.75, 3.05) is 19.0 Å². The molecule has 23 heavy (non-hydrogen) atoms. The zero-order chi connectivity index (χ0) is 16.8. The molecule has 1 amide bonds. The minimum absolute atomic E-state index is 0.0936. The van der Waals surface area contributed by atoms with Gasteiger partial charge in [-0.3, -0.25) is 14.9 Å². The number of ether oxygens (including phenoxy) is 2. The van der Waals surface area contributed by atoms with Gasteiger partial charge in [-0.05, 0) is 30.7 Å². The number of nitrogens with one attached hydrogen (secondary N) is 1. The second kappa shape index (κ2) is 7.26. The Balaban J connectivity index is 1.98. The van der Waals surface area contributed by atoms with Gasteiger partial charge in [0.1, 0.15) is 0 Å². The number of carbonyl (C=O) groups excluding carboxylic acids is 1. The van der Waals surface area contributed by atoms with Crippen LogP contribution in [0.25, 0.3) is 0 Å². The molecule has 7 nitrogen and oxygen atoms in total. The number of carbonyl (C=O) groups is 1. The van der Waals surface area contributed by atoms with Gasteiger partial charge in [0.15, 0.2) is 18.1 Å². The number of nitrogens with zero attached hydrogens (tertiary/aromatic N) is 1. The number of methoxy groups -OCH3 is 1. The molecule has 0 atom stereocenters. The van der Waals surface area contributed by atoms with Gasteiger partial charge in [-0.25, -0.2) is 0 Å². The number of nitro benzene ring substituents is 1. The third-order valence-corrected chi connectivity index (χ3v) is 3.02. The first-order chi connectivity index (χ1) is 11.0. The molecule has 0 aliphatic carbocycles. The molecule has 120 valence electrons.